The topological polar surface area (TPSA) is 196 Å². The van der Waals surface area contributed by atoms with E-state index in [1.165, 1.54) is 32.8 Å². The molecule has 61 heavy (non-hydrogen) atoms. The lowest BCUT2D eigenvalue weighted by molar-refractivity contribution is -0.170. The molecule has 2 rings (SSSR count). The maximum Gasteiger partial charge on any atom is 0.410 e. The molecule has 2 amide bonds. The minimum Gasteiger partial charge on any atom is -0.480 e. The average molecular weight is 969 g/mol. The van der Waals surface area contributed by atoms with Gasteiger partial charge in [0, 0.05) is 92.7 Å². The number of aliphatic hydroxyl groups is 1. The highest BCUT2D eigenvalue weighted by Gasteiger charge is 2.37. The molecule has 15 heteroatoms. The number of likely N-dealkylation sites (N-methyl/N-ethyl adjacent to an activating group) is 2. The first-order chi connectivity index (χ1) is 53.7. The van der Waals surface area contributed by atoms with Crippen LogP contribution in [0.15, 0.2) is 60.7 Å². The zero-order valence-electron chi connectivity index (χ0n) is 91.2. The number of hydrogen-bond donors (Lipinski definition) is 2. The lowest BCUT2D eigenvalue weighted by Crippen LogP contribution is -2.48. The molecule has 0 spiro atoms. The number of benzene rings is 2. The van der Waals surface area contributed by atoms with Gasteiger partial charge in [-0.2, -0.15) is 0 Å². The lowest BCUT2D eigenvalue weighted by atomic mass is 9.87. The number of rotatable bonds is 13. The molecule has 0 fully saturated rings. The van der Waals surface area contributed by atoms with E-state index in [1.807, 2.05) is 102 Å². The van der Waals surface area contributed by atoms with Gasteiger partial charge in [0.1, 0.15) is 42.6 Å². The van der Waals surface area contributed by atoms with E-state index in [-0.39, 0.29) is 25.5 Å². The van der Waals surface area contributed by atoms with Crippen molar-refractivity contribution >= 4 is 36.1 Å². The van der Waals surface area contributed by atoms with Crippen LogP contribution >= 0.6 is 0 Å². The molecule has 0 aliphatic heterocycles. The Hall–Kier alpha value is -5.18. The molecule has 4 atom stereocenters. The lowest BCUT2D eigenvalue weighted by Gasteiger charge is -2.33. The summed E-state index contributed by atoms with van der Waals surface area (Å²) in [7, 11) is 2.95. The molecule has 0 saturated heterocycles. The van der Waals surface area contributed by atoms with Crippen molar-refractivity contribution in [1.29, 1.82) is 0 Å². The minimum atomic E-state index is -1.10. The molecule has 398 valence electrons. The predicted molar refractivity (Wildman–Crippen MR) is 288 cm³/mol. The van der Waals surface area contributed by atoms with Crippen molar-refractivity contribution in [2.75, 3.05) is 14.1 Å². The third kappa shape index (κ3) is 25.9. The van der Waals surface area contributed by atoms with Gasteiger partial charge in [-0.05, 0) is 90.2 Å². The van der Waals surface area contributed by atoms with E-state index in [4.69, 9.17) is 106 Å². The van der Waals surface area contributed by atoms with E-state index in [0.717, 1.165) is 16.0 Å². The SMILES string of the molecule is CN(C(=O)OC(C)(C)C)[C@@H](CC(C)(C)C)C(=O)O.C[C@@H](OC(=O)[C@H](CC(C)(C)C)N(C)C(=O)OC(C)(C)C)C(=O)OCc1ccccc1.C[C@H](O)C(=O)OCc1ccccc1.[2HH].[2H][2H].[2H][2H].[2H][2H].[2H][2H].[2H][2H].[2H][2H].[2H][2H].[2H][2H].[2H][2H].[2H][2H].[2H][2H].[2H][2H].[2H][2H].[2H][2H].[2H][2H].[2H][2H].[2H][2H].[2H][2H].[2H][2H].[2H][2H].[2H][2H].[2H][2H].[2H][2H].[2H][2H].[2H][2H].[2H][2H]. The molecule has 2 N–H and O–H groups in total. The number of amides is 2. The van der Waals surface area contributed by atoms with Crippen molar-refractivity contribution in [2.24, 2.45) is 10.8 Å². The van der Waals surface area contributed by atoms with Crippen LogP contribution in [0.3, 0.4) is 0 Å². The summed E-state index contributed by atoms with van der Waals surface area (Å²) in [5.74, 6) is -2.94. The van der Waals surface area contributed by atoms with E-state index < -0.39 is 71.6 Å². The van der Waals surface area contributed by atoms with Crippen molar-refractivity contribution in [3.63, 3.8) is 0 Å². The van der Waals surface area contributed by atoms with Crippen LogP contribution in [0.25, 0.3) is 0 Å². The number of hydrogen-bond acceptors (Lipinski definition) is 12. The van der Waals surface area contributed by atoms with E-state index in [2.05, 4.69) is 0 Å². The molecule has 15 nitrogen and oxygen atoms in total. The number of aliphatic carboxylic acids is 1. The van der Waals surface area contributed by atoms with E-state index in [1.54, 1.807) is 41.5 Å². The van der Waals surface area contributed by atoms with Gasteiger partial charge >= 0.3 is 36.1 Å². The largest absolute Gasteiger partial charge is 0.480 e. The zero-order valence-corrected chi connectivity index (χ0v) is 39.2. The second-order valence-corrected chi connectivity index (χ2v) is 19.0. The molecule has 2 aromatic rings. The van der Waals surface area contributed by atoms with Crippen molar-refractivity contribution < 1.29 is 141 Å². The highest BCUT2D eigenvalue weighted by atomic mass is 16.6. The number of carboxylic acid groups (broad SMARTS) is 1. The summed E-state index contributed by atoms with van der Waals surface area (Å²) < 4.78 is 286. The molecular weight excluding hydrogens is 789 g/mol. The predicted octanol–water partition coefficient (Wildman–Crippen LogP) is 14.8. The van der Waals surface area contributed by atoms with E-state index >= 15 is 0 Å². The van der Waals surface area contributed by atoms with Crippen LogP contribution < -0.4 is 0 Å². The van der Waals surface area contributed by atoms with Crippen LogP contribution in [0.2, 0.25) is 0 Å². The Balaban J connectivity index is -0.0000000296. The second-order valence-electron chi connectivity index (χ2n) is 19.0. The maximum atomic E-state index is 12.8. The quantitative estimate of drug-likeness (QED) is 0.142. The highest BCUT2D eigenvalue weighted by Crippen LogP contribution is 2.26. The van der Waals surface area contributed by atoms with E-state index in [0.29, 0.717) is 12.8 Å². The molecular formula is C46H126N2O13. The van der Waals surface area contributed by atoms with Crippen molar-refractivity contribution in [1.82, 2.24) is 9.80 Å². The first kappa shape index (κ1) is 25.7. The number of nitrogens with zero attached hydrogens (tertiary/aromatic N) is 2. The van der Waals surface area contributed by atoms with Crippen molar-refractivity contribution in [3.05, 3.63) is 71.8 Å². The standard InChI is InChI=1S/C23H35NO6.C13H25NO4.C10H12O3.27H2/c1-16(19(25)28-15-17-12-10-9-11-13-17)29-20(26)18(14-22(2,3)4)24(8)21(27)30-23(5,6)7;1-12(2,3)8-9(10(15)16)14(7)11(17)18-13(4,5)6;1-8(11)10(12)13-7-9-5-3-2-4-6-9;;;;;;;;;;;;;;;;;;;;;;;;;;;/h9-13,16,18H,14-15H2,1-8H3;9H,8H2,1-7H3,(H,15,16);2-6,8,11H,7H2,1H3;27*1H/t16-,18+;9-;8-;;;;;;;;;;;;;;;;;;;;;;;;;;;/m100.........................../s1/i;;;26*1+1D;1+1. The Kier molecular flexibility index (Phi) is 10.5. The number of carboxylic acids is 1. The molecule has 0 saturated carbocycles. The molecule has 0 aliphatic carbocycles. The summed E-state index contributed by atoms with van der Waals surface area (Å²) in [6.45, 7) is 25.3. The van der Waals surface area contributed by atoms with Gasteiger partial charge in [0.15, 0.2) is 6.10 Å². The molecule has 0 bridgehead atoms. The van der Waals surface area contributed by atoms with Crippen LogP contribution in [-0.4, -0.2) is 106 Å². The molecule has 0 aliphatic rings. The van der Waals surface area contributed by atoms with Crippen LogP contribution in [0.4, 0.5) is 9.59 Å². The summed E-state index contributed by atoms with van der Waals surface area (Å²) in [6.07, 6.45) is -2.68. The van der Waals surface area contributed by atoms with Gasteiger partial charge in [0.25, 0.3) is 0 Å². The summed E-state index contributed by atoms with van der Waals surface area (Å²) in [5.41, 5.74) is -0.0288. The fraction of sp³-hybridized carbons (Fsp3) is 0.609. The van der Waals surface area contributed by atoms with Gasteiger partial charge < -0.3 is 33.9 Å². The molecule has 0 aromatic heterocycles. The normalized spacial score (nSPS) is 16.9. The minimum absolute atomic E-state index is 0. The summed E-state index contributed by atoms with van der Waals surface area (Å²) in [6, 6.07) is 16.8. The Labute approximate surface area is 444 Å². The Bertz CT molecular complexity index is 1780. The van der Waals surface area contributed by atoms with Crippen LogP contribution in [-0.2, 0) is 56.1 Å². The number of aliphatic hydroxyl groups excluding tert-OH is 1. The smallest absolute Gasteiger partial charge is 0.410 e. The Morgan fingerprint density at radius 1 is 0.590 bits per heavy atom. The monoisotopic (exact) mass is 968 g/mol. The first-order valence-electron chi connectivity index (χ1n) is 46.2. The van der Waals surface area contributed by atoms with E-state index in [9.17, 15) is 33.9 Å². The van der Waals surface area contributed by atoms with Gasteiger partial charge in [-0.25, -0.2) is 28.8 Å². The van der Waals surface area contributed by atoms with Crippen LogP contribution in [0.1, 0.15) is 200 Å². The second kappa shape index (κ2) is 24.9. The number of ether oxygens (including phenoxy) is 5. The molecule has 0 unspecified atom stereocenters. The van der Waals surface area contributed by atoms with Gasteiger partial charge in [0.05, 0.1) is 0 Å². The van der Waals surface area contributed by atoms with Gasteiger partial charge in [0.2, 0.25) is 0 Å². The fourth-order valence-corrected chi connectivity index (χ4v) is 4.85. The summed E-state index contributed by atoms with van der Waals surface area (Å²) in [5, 5.41) is 18.0. The maximum absolute atomic E-state index is 12.8. The van der Waals surface area contributed by atoms with Crippen molar-refractivity contribution in [2.45, 2.75) is 158 Å². The average Bonchev–Trinajstić information content (AvgIpc) is 0.848. The first-order valence-corrected chi connectivity index (χ1v) is 20.2. The zero-order chi connectivity index (χ0) is 99.5. The van der Waals surface area contributed by atoms with Crippen LogP contribution in [0.5, 0.6) is 0 Å². The van der Waals surface area contributed by atoms with Crippen LogP contribution in [0, 0.1) is 10.8 Å². The summed E-state index contributed by atoms with van der Waals surface area (Å²) >= 11 is 0. The third-order valence-electron chi connectivity index (χ3n) is 7.88. The number of esters is 3. The summed E-state index contributed by atoms with van der Waals surface area (Å²) in [4.78, 5) is 73.9. The molecule has 0 heterocycles. The number of carbonyl (C=O) groups is 6. The number of carbonyl (C=O) groups excluding carboxylic acids is 5. The van der Waals surface area contributed by atoms with Gasteiger partial charge in [-0.3, -0.25) is 9.80 Å². The Morgan fingerprint density at radius 3 is 1.26 bits per heavy atom. The Morgan fingerprint density at radius 2 is 0.934 bits per heavy atom. The molecule has 2 aromatic carbocycles. The van der Waals surface area contributed by atoms with Gasteiger partial charge in [-0.15, -0.1) is 0 Å². The third-order valence-corrected chi connectivity index (χ3v) is 7.88. The highest BCUT2D eigenvalue weighted by molar-refractivity contribution is 5.84. The van der Waals surface area contributed by atoms with Gasteiger partial charge in [-0.1, -0.05) is 102 Å². The van der Waals surface area contributed by atoms with Crippen molar-refractivity contribution in [3.8, 4) is 0 Å². The molecule has 0 radical (unpaired) electrons. The fourth-order valence-electron chi connectivity index (χ4n) is 4.85.